The highest BCUT2D eigenvalue weighted by Gasteiger charge is 2.31. The molecule has 0 aliphatic rings. The lowest BCUT2D eigenvalue weighted by atomic mass is 10.1. The van der Waals surface area contributed by atoms with Crippen molar-refractivity contribution in [3.8, 4) is 11.5 Å². The SMILES string of the molecule is O=c1oc(-c2ccccc2Cl)nc2cc(C(F)(F)F)ccc12. The first kappa shape index (κ1) is 14.6. The van der Waals surface area contributed by atoms with Crippen LogP contribution in [-0.2, 0) is 6.18 Å². The maximum absolute atomic E-state index is 12.8. The predicted molar refractivity (Wildman–Crippen MR) is 75.7 cm³/mol. The van der Waals surface area contributed by atoms with Gasteiger partial charge in [-0.15, -0.1) is 0 Å². The molecule has 0 unspecified atom stereocenters. The number of nitrogens with zero attached hydrogens (tertiary/aromatic N) is 1. The lowest BCUT2D eigenvalue weighted by Crippen LogP contribution is -2.08. The average Bonchev–Trinajstić information content (AvgIpc) is 2.46. The zero-order chi connectivity index (χ0) is 15.9. The van der Waals surface area contributed by atoms with Crippen LogP contribution in [0.3, 0.4) is 0 Å². The third kappa shape index (κ3) is 2.57. The number of hydrogen-bond acceptors (Lipinski definition) is 3. The second-order valence-corrected chi connectivity index (χ2v) is 4.92. The Kier molecular flexibility index (Phi) is 3.41. The van der Waals surface area contributed by atoms with Gasteiger partial charge in [0.1, 0.15) is 0 Å². The maximum atomic E-state index is 12.8. The van der Waals surface area contributed by atoms with Gasteiger partial charge in [0.2, 0.25) is 5.89 Å². The summed E-state index contributed by atoms with van der Waals surface area (Å²) in [5.41, 5.74) is -1.42. The number of rotatable bonds is 1. The summed E-state index contributed by atoms with van der Waals surface area (Å²) in [6.45, 7) is 0. The lowest BCUT2D eigenvalue weighted by molar-refractivity contribution is -0.137. The van der Waals surface area contributed by atoms with Gasteiger partial charge < -0.3 is 4.42 Å². The summed E-state index contributed by atoms with van der Waals surface area (Å²) in [5.74, 6) is -0.123. The van der Waals surface area contributed by atoms with Gasteiger partial charge in [-0.1, -0.05) is 23.7 Å². The molecule has 7 heteroatoms. The van der Waals surface area contributed by atoms with E-state index in [1.165, 1.54) is 0 Å². The smallest absolute Gasteiger partial charge is 0.403 e. The highest BCUT2D eigenvalue weighted by atomic mass is 35.5. The first-order valence-corrected chi connectivity index (χ1v) is 6.51. The molecule has 22 heavy (non-hydrogen) atoms. The van der Waals surface area contributed by atoms with Crippen molar-refractivity contribution in [2.45, 2.75) is 6.18 Å². The first-order valence-electron chi connectivity index (χ1n) is 6.13. The quantitative estimate of drug-likeness (QED) is 0.660. The molecule has 0 aliphatic carbocycles. The molecule has 0 amide bonds. The van der Waals surface area contributed by atoms with Gasteiger partial charge in [0.05, 0.1) is 27.1 Å². The van der Waals surface area contributed by atoms with E-state index in [1.807, 2.05) is 0 Å². The molecule has 1 heterocycles. The van der Waals surface area contributed by atoms with Crippen LogP contribution in [0.5, 0.6) is 0 Å². The fourth-order valence-electron chi connectivity index (χ4n) is 2.00. The van der Waals surface area contributed by atoms with Gasteiger partial charge in [0.25, 0.3) is 0 Å². The standard InChI is InChI=1S/C15H7ClF3NO2/c16-11-4-2-1-3-9(11)13-20-12-7-8(15(17,18)19)5-6-10(12)14(21)22-13/h1-7H. The predicted octanol–water partition coefficient (Wildman–Crippen LogP) is 4.53. The zero-order valence-electron chi connectivity index (χ0n) is 10.8. The van der Waals surface area contributed by atoms with Gasteiger partial charge in [0.15, 0.2) is 0 Å². The second kappa shape index (κ2) is 5.14. The molecule has 0 radical (unpaired) electrons. The van der Waals surface area contributed by atoms with E-state index < -0.39 is 17.4 Å². The Hall–Kier alpha value is -2.34. The number of halogens is 4. The molecule has 0 N–H and O–H groups in total. The molecule has 0 spiro atoms. The molecule has 0 saturated carbocycles. The van der Waals surface area contributed by atoms with Gasteiger partial charge in [-0.05, 0) is 30.3 Å². The van der Waals surface area contributed by atoms with Crippen LogP contribution in [0, 0.1) is 0 Å². The zero-order valence-corrected chi connectivity index (χ0v) is 11.6. The Morgan fingerprint density at radius 1 is 1.09 bits per heavy atom. The Balaban J connectivity index is 2.27. The van der Waals surface area contributed by atoms with E-state index in [2.05, 4.69) is 4.98 Å². The van der Waals surface area contributed by atoms with Crippen LogP contribution in [0.25, 0.3) is 22.4 Å². The summed E-state index contributed by atoms with van der Waals surface area (Å²) in [5, 5.41) is 0.258. The van der Waals surface area contributed by atoms with Crippen molar-refractivity contribution in [1.82, 2.24) is 4.98 Å². The average molecular weight is 326 g/mol. The number of fused-ring (bicyclic) bond motifs is 1. The molecule has 2 aromatic carbocycles. The number of alkyl halides is 3. The molecular weight excluding hydrogens is 319 g/mol. The summed E-state index contributed by atoms with van der Waals surface area (Å²) in [6, 6.07) is 9.13. The van der Waals surface area contributed by atoms with Crippen LogP contribution < -0.4 is 5.63 Å². The van der Waals surface area contributed by atoms with E-state index in [4.69, 9.17) is 16.0 Å². The van der Waals surface area contributed by atoms with Crippen molar-refractivity contribution in [2.75, 3.05) is 0 Å². The normalized spacial score (nSPS) is 11.8. The van der Waals surface area contributed by atoms with E-state index in [9.17, 15) is 18.0 Å². The summed E-state index contributed by atoms with van der Waals surface area (Å²) < 4.78 is 43.3. The van der Waals surface area contributed by atoms with Crippen molar-refractivity contribution in [3.63, 3.8) is 0 Å². The molecule has 1 aromatic heterocycles. The molecule has 0 aliphatic heterocycles. The molecule has 0 bridgehead atoms. The minimum Gasteiger partial charge on any atom is -0.403 e. The summed E-state index contributed by atoms with van der Waals surface area (Å²) in [6.07, 6.45) is -4.52. The van der Waals surface area contributed by atoms with Gasteiger partial charge in [-0.25, -0.2) is 9.78 Å². The highest BCUT2D eigenvalue weighted by Crippen LogP contribution is 2.31. The second-order valence-electron chi connectivity index (χ2n) is 4.52. The molecular formula is C15H7ClF3NO2. The van der Waals surface area contributed by atoms with Gasteiger partial charge in [-0.2, -0.15) is 13.2 Å². The Bertz CT molecular complexity index is 919. The molecule has 3 nitrogen and oxygen atoms in total. The number of hydrogen-bond donors (Lipinski definition) is 0. The summed E-state index contributed by atoms with van der Waals surface area (Å²) in [4.78, 5) is 15.9. The largest absolute Gasteiger partial charge is 0.416 e. The third-order valence-corrected chi connectivity index (χ3v) is 3.39. The maximum Gasteiger partial charge on any atom is 0.416 e. The first-order chi connectivity index (χ1) is 10.4. The van der Waals surface area contributed by atoms with E-state index in [1.54, 1.807) is 24.3 Å². The van der Waals surface area contributed by atoms with Crippen molar-refractivity contribution in [2.24, 2.45) is 0 Å². The van der Waals surface area contributed by atoms with Crippen molar-refractivity contribution < 1.29 is 17.6 Å². The third-order valence-electron chi connectivity index (χ3n) is 3.06. The summed E-state index contributed by atoms with van der Waals surface area (Å²) in [7, 11) is 0. The molecule has 0 saturated heterocycles. The minimum absolute atomic E-state index is 0.0243. The van der Waals surface area contributed by atoms with Crippen LogP contribution in [0.15, 0.2) is 51.7 Å². The van der Waals surface area contributed by atoms with Crippen LogP contribution in [0.2, 0.25) is 5.02 Å². The molecule has 0 atom stereocenters. The topological polar surface area (TPSA) is 43.1 Å². The number of aromatic nitrogens is 1. The van der Waals surface area contributed by atoms with E-state index in [0.717, 1.165) is 18.2 Å². The van der Waals surface area contributed by atoms with Crippen LogP contribution >= 0.6 is 11.6 Å². The van der Waals surface area contributed by atoms with Gasteiger partial charge in [-0.3, -0.25) is 0 Å². The number of benzene rings is 2. The van der Waals surface area contributed by atoms with Crippen LogP contribution in [0.1, 0.15) is 5.56 Å². The molecule has 112 valence electrons. The minimum atomic E-state index is -4.52. The molecule has 3 rings (SSSR count). The molecule has 3 aromatic rings. The lowest BCUT2D eigenvalue weighted by Gasteiger charge is -2.08. The fraction of sp³-hybridized carbons (Fsp3) is 0.0667. The Morgan fingerprint density at radius 3 is 2.50 bits per heavy atom. The fourth-order valence-corrected chi connectivity index (χ4v) is 2.21. The van der Waals surface area contributed by atoms with E-state index >= 15 is 0 Å². The molecule has 0 fully saturated rings. The Labute approximate surface area is 127 Å². The van der Waals surface area contributed by atoms with Gasteiger partial charge in [0, 0.05) is 0 Å². The van der Waals surface area contributed by atoms with Crippen LogP contribution in [-0.4, -0.2) is 4.98 Å². The van der Waals surface area contributed by atoms with Crippen LogP contribution in [0.4, 0.5) is 13.2 Å². The highest BCUT2D eigenvalue weighted by molar-refractivity contribution is 6.33. The van der Waals surface area contributed by atoms with Crippen molar-refractivity contribution in [3.05, 3.63) is 63.5 Å². The summed E-state index contributed by atoms with van der Waals surface area (Å²) >= 11 is 5.98. The van der Waals surface area contributed by atoms with Crippen molar-refractivity contribution >= 4 is 22.5 Å². The van der Waals surface area contributed by atoms with Crippen molar-refractivity contribution in [1.29, 1.82) is 0 Å². The van der Waals surface area contributed by atoms with Gasteiger partial charge >= 0.3 is 11.8 Å². The Morgan fingerprint density at radius 2 is 1.82 bits per heavy atom. The van der Waals surface area contributed by atoms with E-state index in [0.29, 0.717) is 5.56 Å². The van der Waals surface area contributed by atoms with E-state index in [-0.39, 0.29) is 21.8 Å². The monoisotopic (exact) mass is 325 g/mol.